The van der Waals surface area contributed by atoms with Gasteiger partial charge in [0.25, 0.3) is 0 Å². The van der Waals surface area contributed by atoms with Crippen molar-refractivity contribution in [1.29, 1.82) is 0 Å². The molecular formula is C24H20AsBrI2. The van der Waals surface area contributed by atoms with Crippen molar-refractivity contribution in [3.8, 4) is 0 Å². The summed E-state index contributed by atoms with van der Waals surface area (Å²) in [5, 5.41) is 0. The molecule has 0 radical (unpaired) electrons. The fourth-order valence-electron chi connectivity index (χ4n) is 3.50. The molecule has 4 rings (SSSR count). The molecule has 0 N–H and O–H groups in total. The van der Waals surface area contributed by atoms with Crippen LogP contribution in [0.15, 0.2) is 121 Å². The zero-order chi connectivity index (χ0) is 19.7. The third kappa shape index (κ3) is 4.92. The van der Waals surface area contributed by atoms with Crippen LogP contribution in [0.25, 0.3) is 0 Å². The summed E-state index contributed by atoms with van der Waals surface area (Å²) < 4.78 is 5.79. The van der Waals surface area contributed by atoms with Crippen LogP contribution in [-0.4, -0.2) is 13.6 Å². The molecule has 0 aliphatic carbocycles. The Kier molecular flexibility index (Phi) is 9.09. The Balaban J connectivity index is 0.000000706. The number of hydrogen-bond donors (Lipinski definition) is 0. The van der Waals surface area contributed by atoms with Gasteiger partial charge in [-0.15, -0.1) is 0 Å². The number of halogens is 3. The van der Waals surface area contributed by atoms with Gasteiger partial charge < -0.3 is 0 Å². The Hall–Kier alpha value is -0.622. The molecule has 0 spiro atoms. The predicted octanol–water partition coefficient (Wildman–Crippen LogP) is 1.80. The molecule has 0 atom stereocenters. The first kappa shape index (κ1) is 22.1. The summed E-state index contributed by atoms with van der Waals surface area (Å²) in [6.45, 7) is 0. The van der Waals surface area contributed by atoms with Gasteiger partial charge in [-0.05, 0) is 0 Å². The molecular weight excluding hydrogens is 697 g/mol. The summed E-state index contributed by atoms with van der Waals surface area (Å²) >= 11 is 3.16. The number of rotatable bonds is 4. The Morgan fingerprint density at radius 1 is 0.464 bits per heavy atom. The topological polar surface area (TPSA) is 0 Å². The molecule has 0 saturated carbocycles. The maximum absolute atomic E-state index is 3.24. The van der Waals surface area contributed by atoms with Crippen LogP contribution >= 0.6 is 31.3 Å². The second-order valence-corrected chi connectivity index (χ2v) is 25.8. The number of benzene rings is 4. The summed E-state index contributed by atoms with van der Waals surface area (Å²) in [6, 6.07) is 44.2. The molecule has 0 amide bonds. The molecule has 0 bridgehead atoms. The van der Waals surface area contributed by atoms with Gasteiger partial charge in [0, 0.05) is 0 Å². The van der Waals surface area contributed by atoms with E-state index in [0.29, 0.717) is 15.0 Å². The van der Waals surface area contributed by atoms with E-state index < -0.39 is 13.6 Å². The van der Waals surface area contributed by atoms with Gasteiger partial charge in [0.05, 0.1) is 0 Å². The summed E-state index contributed by atoms with van der Waals surface area (Å²) in [5.41, 5.74) is 0. The van der Waals surface area contributed by atoms with E-state index >= 15 is 0 Å². The van der Waals surface area contributed by atoms with E-state index in [1.165, 1.54) is 17.4 Å². The molecule has 4 aromatic carbocycles. The van der Waals surface area contributed by atoms with Gasteiger partial charge in [0.1, 0.15) is 0 Å². The van der Waals surface area contributed by atoms with E-state index in [1.54, 1.807) is 0 Å². The van der Waals surface area contributed by atoms with Crippen LogP contribution in [-0.2, 0) is 0 Å². The van der Waals surface area contributed by atoms with Crippen molar-refractivity contribution in [2.45, 2.75) is 0 Å². The van der Waals surface area contributed by atoms with E-state index in [-0.39, 0.29) is 0 Å². The molecule has 4 heteroatoms. The van der Waals surface area contributed by atoms with E-state index in [4.69, 9.17) is 0 Å². The summed E-state index contributed by atoms with van der Waals surface area (Å²) in [5.74, 6) is 0. The van der Waals surface area contributed by atoms with Crippen molar-refractivity contribution in [2.24, 2.45) is 0 Å². The van der Waals surface area contributed by atoms with Crippen LogP contribution in [0.3, 0.4) is 0 Å². The molecule has 28 heavy (non-hydrogen) atoms. The molecule has 4 aromatic rings. The van der Waals surface area contributed by atoms with Crippen LogP contribution < -0.4 is 32.4 Å². The van der Waals surface area contributed by atoms with Gasteiger partial charge in [-0.3, -0.25) is 0 Å². The molecule has 0 unspecified atom stereocenters. The summed E-state index contributed by atoms with van der Waals surface area (Å²) in [6.07, 6.45) is 0. The second-order valence-electron chi connectivity index (χ2n) is 6.07. The zero-order valence-corrected chi connectivity index (χ0v) is 22.9. The first-order valence-corrected chi connectivity index (χ1v) is 23.7. The third-order valence-corrected chi connectivity index (χ3v) is 13.6. The Bertz CT molecular complexity index is 785. The van der Waals surface area contributed by atoms with E-state index in [2.05, 4.69) is 153 Å². The van der Waals surface area contributed by atoms with E-state index in [1.807, 2.05) is 0 Å². The fraction of sp³-hybridized carbons (Fsp3) is 0. The van der Waals surface area contributed by atoms with Crippen molar-refractivity contribution < 1.29 is 15.0 Å². The first-order chi connectivity index (χ1) is 13.8. The molecule has 0 nitrogen and oxygen atoms in total. The van der Waals surface area contributed by atoms with Crippen LogP contribution in [0, 0.1) is 0 Å². The monoisotopic (exact) mass is 716 g/mol. The maximum atomic E-state index is 3.24. The van der Waals surface area contributed by atoms with E-state index in [9.17, 15) is 0 Å². The van der Waals surface area contributed by atoms with Gasteiger partial charge in [-0.1, -0.05) is 0 Å². The standard InChI is InChI=1S/C24H20As.BrI2/c1-5-13-21(14-6-1)25(22-15-7-2-8-16-22,23-17-9-3-10-18-23)24-19-11-4-12-20-24;1-3-2/h1-20H;/q+1;-1. The van der Waals surface area contributed by atoms with Crippen LogP contribution in [0.1, 0.15) is 0 Å². The van der Waals surface area contributed by atoms with Crippen molar-refractivity contribution in [1.82, 2.24) is 0 Å². The van der Waals surface area contributed by atoms with Gasteiger partial charge in [0.15, 0.2) is 0 Å². The van der Waals surface area contributed by atoms with Crippen LogP contribution in [0.5, 0.6) is 0 Å². The molecule has 0 aliphatic rings. The Labute approximate surface area is 196 Å². The van der Waals surface area contributed by atoms with Crippen molar-refractivity contribution in [3.05, 3.63) is 121 Å². The Morgan fingerprint density at radius 2 is 0.643 bits per heavy atom. The quantitative estimate of drug-likeness (QED) is 0.224. The molecule has 0 saturated heterocycles. The van der Waals surface area contributed by atoms with Crippen LogP contribution in [0.2, 0.25) is 0 Å². The number of hydrogen-bond acceptors (Lipinski definition) is 0. The van der Waals surface area contributed by atoms with Crippen molar-refractivity contribution in [2.75, 3.05) is 0 Å². The molecule has 0 heterocycles. The van der Waals surface area contributed by atoms with Crippen molar-refractivity contribution in [3.63, 3.8) is 0 Å². The Morgan fingerprint density at radius 3 is 0.821 bits per heavy atom. The summed E-state index contributed by atoms with van der Waals surface area (Å²) in [4.78, 5) is 0. The first-order valence-electron chi connectivity index (χ1n) is 8.82. The zero-order valence-electron chi connectivity index (χ0n) is 15.1. The average Bonchev–Trinajstić information content (AvgIpc) is 2.78. The minimum absolute atomic E-state index is 0.373. The van der Waals surface area contributed by atoms with Gasteiger partial charge in [0.2, 0.25) is 0 Å². The fourth-order valence-corrected chi connectivity index (χ4v) is 12.5. The molecule has 0 aliphatic heterocycles. The van der Waals surface area contributed by atoms with Gasteiger partial charge in [-0.2, -0.15) is 0 Å². The summed E-state index contributed by atoms with van der Waals surface area (Å²) in [7, 11) is 0. The molecule has 0 aromatic heterocycles. The van der Waals surface area contributed by atoms with E-state index in [0.717, 1.165) is 0 Å². The second kappa shape index (κ2) is 11.5. The third-order valence-electron chi connectivity index (χ3n) is 4.57. The van der Waals surface area contributed by atoms with Gasteiger partial charge >= 0.3 is 199 Å². The van der Waals surface area contributed by atoms with Crippen LogP contribution in [0.4, 0.5) is 0 Å². The predicted molar refractivity (Wildman–Crippen MR) is 133 cm³/mol. The molecule has 142 valence electrons. The SMILES string of the molecule is Br[I-]I.c1ccc([As+](c2ccccc2)(c2ccccc2)c2ccccc2)cc1. The molecule has 0 fully saturated rings. The van der Waals surface area contributed by atoms with Crippen molar-refractivity contribution >= 4 is 62.3 Å². The minimum atomic E-state index is -2.77. The normalized spacial score (nSPS) is 10.8. The average molecular weight is 717 g/mol. The van der Waals surface area contributed by atoms with Gasteiger partial charge in [-0.25, -0.2) is 0 Å².